The molecule has 3 nitrogen and oxygen atoms in total. The Labute approximate surface area is 336 Å². The van der Waals surface area contributed by atoms with Gasteiger partial charge in [-0.3, -0.25) is 0 Å². The van der Waals surface area contributed by atoms with E-state index in [4.69, 9.17) is 4.42 Å². The third-order valence-electron chi connectivity index (χ3n) is 12.3. The highest BCUT2D eigenvalue weighted by Gasteiger charge is 2.42. The van der Waals surface area contributed by atoms with Crippen molar-refractivity contribution in [1.82, 2.24) is 9.13 Å². The van der Waals surface area contributed by atoms with Crippen LogP contribution in [0.1, 0.15) is 0 Å². The Kier molecular flexibility index (Phi) is 7.25. The first-order valence-corrected chi connectivity index (χ1v) is 21.9. The lowest BCUT2D eigenvalue weighted by Gasteiger charge is -2.34. The molecule has 0 aliphatic rings. The van der Waals surface area contributed by atoms with Crippen molar-refractivity contribution in [2.45, 2.75) is 0 Å². The Hall–Kier alpha value is -7.40. The quantitative estimate of drug-likeness (QED) is 0.122. The third-order valence-corrected chi connectivity index (χ3v) is 17.0. The smallest absolute Gasteiger partial charge is 0.179 e. The highest BCUT2D eigenvalue weighted by Crippen LogP contribution is 2.40. The number of fused-ring (bicyclic) bond motifs is 10. The summed E-state index contributed by atoms with van der Waals surface area (Å²) < 4.78 is 11.3. The van der Waals surface area contributed by atoms with Gasteiger partial charge in [-0.05, 0) is 81.4 Å². The number of rotatable bonds is 6. The minimum Gasteiger partial charge on any atom is -0.456 e. The number of aromatic nitrogens is 2. The molecule has 0 aliphatic carbocycles. The Bertz CT molecular complexity index is 3450. The van der Waals surface area contributed by atoms with Crippen LogP contribution in [0.5, 0.6) is 0 Å². The lowest BCUT2D eigenvalue weighted by atomic mass is 10.1. The van der Waals surface area contributed by atoms with Gasteiger partial charge in [0.15, 0.2) is 8.07 Å². The molecule has 0 saturated heterocycles. The predicted molar refractivity (Wildman–Crippen MR) is 246 cm³/mol. The monoisotopic (exact) mass is 756 g/mol. The van der Waals surface area contributed by atoms with E-state index in [9.17, 15) is 0 Å². The molecule has 0 N–H and O–H groups in total. The normalized spacial score (nSPS) is 12.1. The maximum absolute atomic E-state index is 6.44. The van der Waals surface area contributed by atoms with Crippen molar-refractivity contribution in [2.24, 2.45) is 0 Å². The molecule has 0 radical (unpaired) electrons. The second kappa shape index (κ2) is 12.8. The Morgan fingerprint density at radius 3 is 1.48 bits per heavy atom. The second-order valence-corrected chi connectivity index (χ2v) is 19.0. The first-order chi connectivity index (χ1) is 28.8. The number of hydrogen-bond acceptors (Lipinski definition) is 1. The number of benzene rings is 9. The van der Waals surface area contributed by atoms with Crippen molar-refractivity contribution in [3.8, 4) is 11.4 Å². The van der Waals surface area contributed by atoms with Gasteiger partial charge in [-0.15, -0.1) is 0 Å². The van der Waals surface area contributed by atoms with E-state index in [0.29, 0.717) is 0 Å². The van der Waals surface area contributed by atoms with E-state index in [0.717, 1.165) is 33.3 Å². The highest BCUT2D eigenvalue weighted by atomic mass is 28.3. The van der Waals surface area contributed by atoms with E-state index in [-0.39, 0.29) is 0 Å². The standard InChI is InChI=1S/C54H36N2OSi/c1-4-16-37(17-5-1)55-48-25-13-10-22-43(48)45-33-32-42(36-50(45)55)58(39-18-6-2-7-19-39,40-20-8-3-9-21-40)41-30-28-38(29-31-41)56-49-26-14-11-23-44(49)46-34-35-52-53(54(46)56)47-24-12-15-27-51(47)57-52/h1-36H. The lowest BCUT2D eigenvalue weighted by Crippen LogP contribution is -2.74. The number of nitrogens with zero attached hydrogens (tertiary/aromatic N) is 2. The fourth-order valence-electron chi connectivity index (χ4n) is 9.83. The second-order valence-electron chi connectivity index (χ2n) is 15.2. The first kappa shape index (κ1) is 32.8. The molecule has 0 fully saturated rings. The zero-order valence-corrected chi connectivity index (χ0v) is 32.6. The van der Waals surface area contributed by atoms with Crippen LogP contribution in [0.3, 0.4) is 0 Å². The summed E-state index contributed by atoms with van der Waals surface area (Å²) in [5.74, 6) is 0. The summed E-state index contributed by atoms with van der Waals surface area (Å²) in [4.78, 5) is 0. The Morgan fingerprint density at radius 2 is 0.793 bits per heavy atom. The van der Waals surface area contributed by atoms with Gasteiger partial charge < -0.3 is 13.6 Å². The minimum absolute atomic E-state index is 0.900. The van der Waals surface area contributed by atoms with Gasteiger partial charge in [0.2, 0.25) is 0 Å². The molecular formula is C54H36N2OSi. The van der Waals surface area contributed by atoms with Gasteiger partial charge in [0.25, 0.3) is 0 Å². The number of hydrogen-bond donors (Lipinski definition) is 0. The molecule has 9 aromatic carbocycles. The van der Waals surface area contributed by atoms with Crippen LogP contribution in [0.25, 0.3) is 76.9 Å². The van der Waals surface area contributed by atoms with Gasteiger partial charge in [-0.1, -0.05) is 158 Å². The van der Waals surface area contributed by atoms with E-state index in [2.05, 4.69) is 221 Å². The van der Waals surface area contributed by atoms with Crippen molar-refractivity contribution in [1.29, 1.82) is 0 Å². The zero-order valence-electron chi connectivity index (χ0n) is 31.6. The van der Waals surface area contributed by atoms with Crippen molar-refractivity contribution in [2.75, 3.05) is 0 Å². The van der Waals surface area contributed by atoms with E-state index >= 15 is 0 Å². The molecule has 12 rings (SSSR count). The van der Waals surface area contributed by atoms with Crippen LogP contribution in [0.4, 0.5) is 0 Å². The molecule has 12 aromatic rings. The molecule has 0 saturated carbocycles. The van der Waals surface area contributed by atoms with Crippen LogP contribution >= 0.6 is 0 Å². The molecule has 0 spiro atoms. The largest absolute Gasteiger partial charge is 0.456 e. The van der Waals surface area contributed by atoms with Gasteiger partial charge in [-0.2, -0.15) is 0 Å². The molecule has 272 valence electrons. The molecule has 3 heterocycles. The van der Waals surface area contributed by atoms with Gasteiger partial charge in [0.05, 0.1) is 27.5 Å². The van der Waals surface area contributed by atoms with Crippen LogP contribution in [0.15, 0.2) is 223 Å². The van der Waals surface area contributed by atoms with Gasteiger partial charge in [0, 0.05) is 38.3 Å². The minimum atomic E-state index is -2.91. The molecule has 0 unspecified atom stereocenters. The molecule has 0 bridgehead atoms. The van der Waals surface area contributed by atoms with Gasteiger partial charge >= 0.3 is 0 Å². The van der Waals surface area contributed by atoms with Crippen molar-refractivity contribution < 1.29 is 4.42 Å². The molecule has 3 aromatic heterocycles. The molecular weight excluding hydrogens is 721 g/mol. The van der Waals surface area contributed by atoms with Crippen molar-refractivity contribution in [3.05, 3.63) is 218 Å². The number of furan rings is 1. The van der Waals surface area contributed by atoms with Gasteiger partial charge in [-0.25, -0.2) is 0 Å². The topological polar surface area (TPSA) is 23.0 Å². The fraction of sp³-hybridized carbons (Fsp3) is 0. The highest BCUT2D eigenvalue weighted by molar-refractivity contribution is 7.20. The van der Waals surface area contributed by atoms with E-state index in [1.165, 1.54) is 64.4 Å². The van der Waals surface area contributed by atoms with E-state index in [1.807, 2.05) is 6.07 Å². The van der Waals surface area contributed by atoms with Crippen molar-refractivity contribution >= 4 is 94.4 Å². The molecule has 0 atom stereocenters. The lowest BCUT2D eigenvalue weighted by molar-refractivity contribution is 0.669. The third kappa shape index (κ3) is 4.67. The van der Waals surface area contributed by atoms with Crippen LogP contribution in [-0.4, -0.2) is 17.2 Å². The molecule has 0 aliphatic heterocycles. The predicted octanol–water partition coefficient (Wildman–Crippen LogP) is 11.2. The summed E-state index contributed by atoms with van der Waals surface area (Å²) in [5, 5.41) is 12.6. The van der Waals surface area contributed by atoms with Crippen LogP contribution in [0.2, 0.25) is 0 Å². The average Bonchev–Trinajstić information content (AvgIpc) is 3.95. The zero-order chi connectivity index (χ0) is 38.2. The van der Waals surface area contributed by atoms with Crippen LogP contribution < -0.4 is 20.7 Å². The van der Waals surface area contributed by atoms with Crippen LogP contribution in [-0.2, 0) is 0 Å². The van der Waals surface area contributed by atoms with Gasteiger partial charge in [0.1, 0.15) is 11.2 Å². The summed E-state index contributed by atoms with van der Waals surface area (Å²) in [5.41, 5.74) is 8.86. The Balaban J connectivity index is 1.15. The fourth-order valence-corrected chi connectivity index (χ4v) is 14.6. The van der Waals surface area contributed by atoms with E-state index < -0.39 is 8.07 Å². The van der Waals surface area contributed by atoms with Crippen molar-refractivity contribution in [3.63, 3.8) is 0 Å². The average molecular weight is 757 g/mol. The summed E-state index contributed by atoms with van der Waals surface area (Å²) in [6.45, 7) is 0. The Morgan fingerprint density at radius 1 is 0.310 bits per heavy atom. The SMILES string of the molecule is c1ccc(-n2c3ccccc3c3ccc([Si](c4ccccc4)(c4ccccc4)c4ccc(-n5c6ccccc6c6ccc7oc8ccccc8c7c65)cc4)cc32)cc1. The summed E-state index contributed by atoms with van der Waals surface area (Å²) in [7, 11) is -2.91. The summed E-state index contributed by atoms with van der Waals surface area (Å²) in [6.07, 6.45) is 0. The maximum atomic E-state index is 6.44. The maximum Gasteiger partial charge on any atom is 0.179 e. The first-order valence-electron chi connectivity index (χ1n) is 19.9. The number of para-hydroxylation sites is 4. The summed E-state index contributed by atoms with van der Waals surface area (Å²) in [6, 6.07) is 80.3. The molecule has 58 heavy (non-hydrogen) atoms. The van der Waals surface area contributed by atoms with Crippen LogP contribution in [0, 0.1) is 0 Å². The molecule has 4 heteroatoms. The molecule has 0 amide bonds. The summed E-state index contributed by atoms with van der Waals surface area (Å²) >= 11 is 0. The van der Waals surface area contributed by atoms with E-state index in [1.54, 1.807) is 0 Å².